The molecule has 182 valence electrons. The van der Waals surface area contributed by atoms with Crippen molar-refractivity contribution in [1.82, 2.24) is 20.5 Å². The molecule has 0 saturated carbocycles. The number of likely N-dealkylation sites (tertiary alicyclic amines) is 1. The van der Waals surface area contributed by atoms with Gasteiger partial charge in [-0.05, 0) is 41.9 Å². The zero-order chi connectivity index (χ0) is 24.7. The Morgan fingerprint density at radius 3 is 2.44 bits per heavy atom. The summed E-state index contributed by atoms with van der Waals surface area (Å²) in [6.45, 7) is 4.38. The number of hydrogen-bond acceptors (Lipinski definition) is 5. The highest BCUT2D eigenvalue weighted by molar-refractivity contribution is 7.81. The molecule has 7 nitrogen and oxygen atoms in total. The molecule has 3 amide bonds. The van der Waals surface area contributed by atoms with Gasteiger partial charge in [0.1, 0.15) is 12.1 Å². The fourth-order valence-corrected chi connectivity index (χ4v) is 4.59. The minimum atomic E-state index is -0.770. The number of carbonyl (C=O) groups is 3. The number of aromatic nitrogens is 1. The van der Waals surface area contributed by atoms with E-state index in [1.165, 1.54) is 0 Å². The molecule has 2 N–H and O–H groups in total. The summed E-state index contributed by atoms with van der Waals surface area (Å²) in [6.07, 6.45) is 5.04. The van der Waals surface area contributed by atoms with Crippen LogP contribution in [0, 0.1) is 11.8 Å². The zero-order valence-electron chi connectivity index (χ0n) is 20.0. The number of pyridine rings is 1. The maximum atomic E-state index is 13.6. The Labute approximate surface area is 207 Å². The Hall–Kier alpha value is -2.87. The molecule has 2 aromatic rings. The third kappa shape index (κ3) is 6.38. The number of nitrogens with one attached hydrogen (secondary N) is 2. The molecule has 4 atom stereocenters. The number of rotatable bonds is 9. The van der Waals surface area contributed by atoms with Gasteiger partial charge in [0.2, 0.25) is 17.7 Å². The van der Waals surface area contributed by atoms with Gasteiger partial charge in [0, 0.05) is 32.4 Å². The van der Waals surface area contributed by atoms with Crippen molar-refractivity contribution in [2.45, 2.75) is 50.4 Å². The third-order valence-electron chi connectivity index (χ3n) is 6.34. The summed E-state index contributed by atoms with van der Waals surface area (Å²) in [4.78, 5) is 45.3. The molecule has 1 aromatic carbocycles. The number of likely N-dealkylation sites (N-methyl/N-ethyl adjacent to an activating group) is 1. The summed E-state index contributed by atoms with van der Waals surface area (Å²) in [5.74, 6) is -0.756. The average molecular weight is 483 g/mol. The van der Waals surface area contributed by atoms with Crippen molar-refractivity contribution in [3.63, 3.8) is 0 Å². The van der Waals surface area contributed by atoms with Crippen LogP contribution in [0.4, 0.5) is 0 Å². The highest BCUT2D eigenvalue weighted by atomic mass is 32.1. The molecular weight excluding hydrogens is 448 g/mol. The van der Waals surface area contributed by atoms with Crippen molar-refractivity contribution in [3.05, 3.63) is 66.0 Å². The number of benzene rings is 1. The molecule has 1 saturated heterocycles. The Balaban J connectivity index is 1.85. The monoisotopic (exact) mass is 482 g/mol. The lowest BCUT2D eigenvalue weighted by atomic mass is 9.91. The van der Waals surface area contributed by atoms with Crippen molar-refractivity contribution in [2.24, 2.45) is 11.8 Å². The molecule has 1 aliphatic heterocycles. The largest absolute Gasteiger partial charge is 0.357 e. The van der Waals surface area contributed by atoms with Crippen LogP contribution in [0.25, 0.3) is 0 Å². The lowest BCUT2D eigenvalue weighted by Gasteiger charge is -2.31. The van der Waals surface area contributed by atoms with Crippen LogP contribution in [-0.4, -0.2) is 58.5 Å². The van der Waals surface area contributed by atoms with E-state index in [-0.39, 0.29) is 29.6 Å². The first-order chi connectivity index (χ1) is 16.3. The number of hydrogen-bond donors (Lipinski definition) is 3. The number of nitrogens with zero attached hydrogens (tertiary/aromatic N) is 2. The predicted molar refractivity (Wildman–Crippen MR) is 135 cm³/mol. The molecule has 1 aliphatic rings. The van der Waals surface area contributed by atoms with Crippen LogP contribution in [0.5, 0.6) is 0 Å². The fourth-order valence-electron chi connectivity index (χ4n) is 4.44. The van der Waals surface area contributed by atoms with Gasteiger partial charge in [0.05, 0.1) is 5.25 Å². The predicted octanol–water partition coefficient (Wildman–Crippen LogP) is 2.27. The zero-order valence-corrected chi connectivity index (χ0v) is 20.9. The quantitative estimate of drug-likeness (QED) is 0.478. The summed E-state index contributed by atoms with van der Waals surface area (Å²) in [5.41, 5.74) is 1.95. The van der Waals surface area contributed by atoms with E-state index in [1.807, 2.05) is 50.2 Å². The van der Waals surface area contributed by atoms with Gasteiger partial charge in [-0.3, -0.25) is 19.4 Å². The van der Waals surface area contributed by atoms with E-state index in [2.05, 4.69) is 28.2 Å². The number of thiol groups is 1. The van der Waals surface area contributed by atoms with Crippen LogP contribution in [0.15, 0.2) is 54.9 Å². The van der Waals surface area contributed by atoms with Crippen LogP contribution >= 0.6 is 12.6 Å². The van der Waals surface area contributed by atoms with Crippen molar-refractivity contribution < 1.29 is 14.4 Å². The first-order valence-corrected chi connectivity index (χ1v) is 12.3. The van der Waals surface area contributed by atoms with E-state index in [9.17, 15) is 14.4 Å². The first kappa shape index (κ1) is 25.7. The molecular formula is C26H34N4O3S. The van der Waals surface area contributed by atoms with Gasteiger partial charge in [-0.25, -0.2) is 0 Å². The first-order valence-electron chi connectivity index (χ1n) is 11.7. The van der Waals surface area contributed by atoms with Crippen LogP contribution in [0.1, 0.15) is 31.4 Å². The normalized spacial score (nSPS) is 19.5. The standard InChI is InChI=1S/C26H34N4O3S/c1-17(2)23(34)26(33)30-13-11-20(14-18-8-5-4-6-9-18)22(30)25(32)29-21(24(31)27-3)15-19-10-7-12-28-16-19/h4-10,12,16-17,20-23,34H,11,13-15H2,1-3H3,(H,27,31)(H,29,32)/t20-,21-,22+,23+/m1/s1. The molecule has 0 bridgehead atoms. The number of carbonyl (C=O) groups excluding carboxylic acids is 3. The molecule has 2 heterocycles. The van der Waals surface area contributed by atoms with Gasteiger partial charge >= 0.3 is 0 Å². The minimum absolute atomic E-state index is 0.0388. The molecule has 3 rings (SSSR count). The van der Waals surface area contributed by atoms with Crippen molar-refractivity contribution in [3.8, 4) is 0 Å². The molecule has 8 heteroatoms. The highest BCUT2D eigenvalue weighted by Crippen LogP contribution is 2.30. The maximum absolute atomic E-state index is 13.6. The molecule has 0 aliphatic carbocycles. The van der Waals surface area contributed by atoms with Gasteiger partial charge in [-0.15, -0.1) is 0 Å². The van der Waals surface area contributed by atoms with E-state index in [0.29, 0.717) is 25.8 Å². The second-order valence-electron chi connectivity index (χ2n) is 9.14. The lowest BCUT2D eigenvalue weighted by Crippen LogP contribution is -2.56. The van der Waals surface area contributed by atoms with Crippen LogP contribution < -0.4 is 10.6 Å². The SMILES string of the molecule is CNC(=O)[C@@H](Cc1cccnc1)NC(=O)[C@@H]1[C@@H](Cc2ccccc2)CCN1C(=O)[C@@H](S)C(C)C. The van der Waals surface area contributed by atoms with Crippen LogP contribution in [-0.2, 0) is 27.2 Å². The Bertz CT molecular complexity index is 971. The van der Waals surface area contributed by atoms with Gasteiger partial charge in [-0.2, -0.15) is 12.6 Å². The molecule has 34 heavy (non-hydrogen) atoms. The lowest BCUT2D eigenvalue weighted by molar-refractivity contribution is -0.140. The molecule has 0 unspecified atom stereocenters. The topological polar surface area (TPSA) is 91.4 Å². The maximum Gasteiger partial charge on any atom is 0.243 e. The average Bonchev–Trinajstić information content (AvgIpc) is 3.26. The van der Waals surface area contributed by atoms with Gasteiger partial charge in [-0.1, -0.05) is 50.2 Å². The summed E-state index contributed by atoms with van der Waals surface area (Å²) in [7, 11) is 1.54. The van der Waals surface area contributed by atoms with Crippen molar-refractivity contribution in [1.29, 1.82) is 0 Å². The Morgan fingerprint density at radius 2 is 1.82 bits per heavy atom. The summed E-state index contributed by atoms with van der Waals surface area (Å²) < 4.78 is 0. The van der Waals surface area contributed by atoms with E-state index in [0.717, 1.165) is 11.1 Å². The third-order valence-corrected chi connectivity index (χ3v) is 7.16. The van der Waals surface area contributed by atoms with Crippen LogP contribution in [0.3, 0.4) is 0 Å². The Morgan fingerprint density at radius 1 is 1.12 bits per heavy atom. The van der Waals surface area contributed by atoms with Gasteiger partial charge < -0.3 is 15.5 Å². The second kappa shape index (κ2) is 12.0. The van der Waals surface area contributed by atoms with E-state index < -0.39 is 17.3 Å². The smallest absolute Gasteiger partial charge is 0.243 e. The molecule has 1 fully saturated rings. The number of amides is 3. The minimum Gasteiger partial charge on any atom is -0.357 e. The summed E-state index contributed by atoms with van der Waals surface area (Å²) in [5, 5.41) is 5.07. The van der Waals surface area contributed by atoms with Crippen molar-refractivity contribution >= 4 is 30.4 Å². The van der Waals surface area contributed by atoms with Crippen molar-refractivity contribution in [2.75, 3.05) is 13.6 Å². The van der Waals surface area contributed by atoms with Crippen LogP contribution in [0.2, 0.25) is 0 Å². The van der Waals surface area contributed by atoms with Gasteiger partial charge in [0.25, 0.3) is 0 Å². The molecule has 0 spiro atoms. The van der Waals surface area contributed by atoms with E-state index in [4.69, 9.17) is 0 Å². The van der Waals surface area contributed by atoms with E-state index >= 15 is 0 Å². The summed E-state index contributed by atoms with van der Waals surface area (Å²) >= 11 is 4.52. The van der Waals surface area contributed by atoms with E-state index in [1.54, 1.807) is 30.4 Å². The summed E-state index contributed by atoms with van der Waals surface area (Å²) in [6, 6.07) is 12.2. The molecule has 1 aromatic heterocycles. The van der Waals surface area contributed by atoms with Gasteiger partial charge in [0.15, 0.2) is 0 Å². The second-order valence-corrected chi connectivity index (χ2v) is 9.70. The highest BCUT2D eigenvalue weighted by Gasteiger charge is 2.44. The molecule has 0 radical (unpaired) electrons. The Kier molecular flexibility index (Phi) is 9.10. The fraction of sp³-hybridized carbons (Fsp3) is 0.462.